The summed E-state index contributed by atoms with van der Waals surface area (Å²) in [6, 6.07) is 16.3. The van der Waals surface area contributed by atoms with Crippen LogP contribution in [0.15, 0.2) is 71.6 Å². The molecule has 182 valence electrons. The number of anilines is 3. The molecule has 0 bridgehead atoms. The van der Waals surface area contributed by atoms with Crippen LogP contribution in [0.2, 0.25) is 0 Å². The van der Waals surface area contributed by atoms with Crippen LogP contribution in [0.3, 0.4) is 0 Å². The van der Waals surface area contributed by atoms with E-state index in [9.17, 15) is 22.4 Å². The van der Waals surface area contributed by atoms with Crippen molar-refractivity contribution in [3.05, 3.63) is 78.1 Å². The fourth-order valence-electron chi connectivity index (χ4n) is 3.58. The molecule has 0 saturated carbocycles. The molecule has 0 aliphatic carbocycles. The molecular weight excluding hydrogens is 473 g/mol. The van der Waals surface area contributed by atoms with Crippen molar-refractivity contribution in [2.45, 2.75) is 30.6 Å². The summed E-state index contributed by atoms with van der Waals surface area (Å²) in [7, 11) is -3.96. The zero-order valence-electron chi connectivity index (χ0n) is 18.7. The molecule has 2 amide bonds. The number of halogens is 1. The lowest BCUT2D eigenvalue weighted by molar-refractivity contribution is -0.117. The van der Waals surface area contributed by atoms with Crippen molar-refractivity contribution in [2.24, 2.45) is 0 Å². The third-order valence-corrected chi connectivity index (χ3v) is 6.74. The Morgan fingerprint density at radius 2 is 1.74 bits per heavy atom. The molecule has 35 heavy (non-hydrogen) atoms. The van der Waals surface area contributed by atoms with Crippen LogP contribution in [0.4, 0.5) is 21.5 Å². The van der Waals surface area contributed by atoms with Crippen LogP contribution in [0.25, 0.3) is 0 Å². The molecule has 8 nitrogen and oxygen atoms in total. The van der Waals surface area contributed by atoms with Crippen LogP contribution in [-0.4, -0.2) is 26.8 Å². The van der Waals surface area contributed by atoms with Crippen molar-refractivity contribution >= 4 is 38.9 Å². The van der Waals surface area contributed by atoms with Gasteiger partial charge in [-0.25, -0.2) is 12.8 Å². The van der Waals surface area contributed by atoms with Crippen LogP contribution in [0.5, 0.6) is 5.75 Å². The van der Waals surface area contributed by atoms with E-state index in [1.165, 1.54) is 6.07 Å². The van der Waals surface area contributed by atoms with E-state index >= 15 is 0 Å². The molecule has 0 atom stereocenters. The van der Waals surface area contributed by atoms with E-state index in [0.717, 1.165) is 35.5 Å². The fourth-order valence-corrected chi connectivity index (χ4v) is 4.66. The van der Waals surface area contributed by atoms with Gasteiger partial charge in [0.25, 0.3) is 10.0 Å². The number of hydrogen-bond acceptors (Lipinski definition) is 5. The van der Waals surface area contributed by atoms with Crippen molar-refractivity contribution in [2.75, 3.05) is 22.0 Å². The normalized spacial score (nSPS) is 12.9. The predicted octanol–water partition coefficient (Wildman–Crippen LogP) is 4.31. The van der Waals surface area contributed by atoms with E-state index in [4.69, 9.17) is 4.74 Å². The standard InChI is InChI=1S/C25H24FN3O5S/c26-18-8-11-20(12-9-18)35(32,33)29-23-5-2-1-4-22(23)28-24(30)6-3-15-34-19-10-13-21-17(16-19)7-14-25(31)27-21/h1-2,4-5,8-13,16,29H,3,6-7,14-15H2,(H,27,31)(H,28,30). The summed E-state index contributed by atoms with van der Waals surface area (Å²) in [6.45, 7) is 0.317. The van der Waals surface area contributed by atoms with Gasteiger partial charge in [-0.2, -0.15) is 0 Å². The lowest BCUT2D eigenvalue weighted by Gasteiger charge is -2.17. The number of hydrogen-bond donors (Lipinski definition) is 3. The molecule has 4 rings (SSSR count). The van der Waals surface area contributed by atoms with Crippen molar-refractivity contribution in [3.63, 3.8) is 0 Å². The number of amides is 2. The van der Waals surface area contributed by atoms with Gasteiger partial charge in [0.2, 0.25) is 11.8 Å². The molecule has 0 aromatic heterocycles. The zero-order chi connectivity index (χ0) is 24.8. The number of carbonyl (C=O) groups is 2. The monoisotopic (exact) mass is 497 g/mol. The highest BCUT2D eigenvalue weighted by molar-refractivity contribution is 7.92. The summed E-state index contributed by atoms with van der Waals surface area (Å²) in [5, 5.41) is 5.53. The number of ether oxygens (including phenoxy) is 1. The Kier molecular flexibility index (Phi) is 7.31. The summed E-state index contributed by atoms with van der Waals surface area (Å²) >= 11 is 0. The minimum absolute atomic E-state index is 0.00186. The number of para-hydroxylation sites is 2. The molecule has 1 aliphatic rings. The van der Waals surface area contributed by atoms with Crippen molar-refractivity contribution in [3.8, 4) is 5.75 Å². The molecule has 3 aromatic rings. The first-order valence-electron chi connectivity index (χ1n) is 11.0. The Bertz CT molecular complexity index is 1340. The van der Waals surface area contributed by atoms with E-state index in [0.29, 0.717) is 37.3 Å². The molecule has 3 aromatic carbocycles. The van der Waals surface area contributed by atoms with E-state index in [1.54, 1.807) is 30.3 Å². The van der Waals surface area contributed by atoms with Gasteiger partial charge >= 0.3 is 0 Å². The molecule has 0 spiro atoms. The number of rotatable bonds is 9. The van der Waals surface area contributed by atoms with Gasteiger partial charge in [-0.05, 0) is 73.0 Å². The fraction of sp³-hybridized carbons (Fsp3) is 0.200. The average molecular weight is 498 g/mol. The Morgan fingerprint density at radius 3 is 2.51 bits per heavy atom. The lowest BCUT2D eigenvalue weighted by Crippen LogP contribution is -2.19. The first kappa shape index (κ1) is 24.2. The molecular formula is C25H24FN3O5S. The van der Waals surface area contributed by atoms with Crippen LogP contribution >= 0.6 is 0 Å². The van der Waals surface area contributed by atoms with E-state index in [1.807, 2.05) is 6.07 Å². The minimum atomic E-state index is -3.96. The molecule has 0 fully saturated rings. The third-order valence-electron chi connectivity index (χ3n) is 5.36. The third kappa shape index (κ3) is 6.36. The van der Waals surface area contributed by atoms with Gasteiger partial charge < -0.3 is 15.4 Å². The lowest BCUT2D eigenvalue weighted by atomic mass is 10.0. The Hall–Kier alpha value is -3.92. The smallest absolute Gasteiger partial charge is 0.261 e. The van der Waals surface area contributed by atoms with Gasteiger partial charge in [0.05, 0.1) is 22.9 Å². The van der Waals surface area contributed by atoms with Gasteiger partial charge in [0.1, 0.15) is 11.6 Å². The maximum Gasteiger partial charge on any atom is 0.261 e. The Balaban J connectivity index is 1.30. The summed E-state index contributed by atoms with van der Waals surface area (Å²) in [4.78, 5) is 23.8. The van der Waals surface area contributed by atoms with Crippen LogP contribution in [0, 0.1) is 5.82 Å². The first-order chi connectivity index (χ1) is 16.8. The number of carbonyl (C=O) groups excluding carboxylic acids is 2. The maximum absolute atomic E-state index is 13.1. The summed E-state index contributed by atoms with van der Waals surface area (Å²) < 4.78 is 46.5. The first-order valence-corrected chi connectivity index (χ1v) is 12.5. The second-order valence-electron chi connectivity index (χ2n) is 7.97. The van der Waals surface area contributed by atoms with Gasteiger partial charge in [0, 0.05) is 18.5 Å². The number of sulfonamides is 1. The highest BCUT2D eigenvalue weighted by Crippen LogP contribution is 2.27. The number of fused-ring (bicyclic) bond motifs is 1. The van der Waals surface area contributed by atoms with Gasteiger partial charge in [-0.15, -0.1) is 0 Å². The van der Waals surface area contributed by atoms with E-state index in [-0.39, 0.29) is 28.8 Å². The highest BCUT2D eigenvalue weighted by atomic mass is 32.2. The van der Waals surface area contributed by atoms with Crippen molar-refractivity contribution in [1.29, 1.82) is 0 Å². The predicted molar refractivity (Wildman–Crippen MR) is 130 cm³/mol. The highest BCUT2D eigenvalue weighted by Gasteiger charge is 2.17. The van der Waals surface area contributed by atoms with Crippen LogP contribution < -0.4 is 20.1 Å². The van der Waals surface area contributed by atoms with Gasteiger partial charge in [0.15, 0.2) is 0 Å². The number of benzene rings is 3. The number of nitrogens with one attached hydrogen (secondary N) is 3. The molecule has 0 radical (unpaired) electrons. The molecule has 10 heteroatoms. The molecule has 1 heterocycles. The van der Waals surface area contributed by atoms with E-state index in [2.05, 4.69) is 15.4 Å². The largest absolute Gasteiger partial charge is 0.494 e. The summed E-state index contributed by atoms with van der Waals surface area (Å²) in [5.41, 5.74) is 2.31. The molecule has 0 unspecified atom stereocenters. The van der Waals surface area contributed by atoms with Gasteiger partial charge in [-0.1, -0.05) is 12.1 Å². The maximum atomic E-state index is 13.1. The topological polar surface area (TPSA) is 114 Å². The van der Waals surface area contributed by atoms with Gasteiger partial charge in [-0.3, -0.25) is 14.3 Å². The van der Waals surface area contributed by atoms with E-state index < -0.39 is 15.8 Å². The molecule has 3 N–H and O–H groups in total. The zero-order valence-corrected chi connectivity index (χ0v) is 19.5. The Labute approximate surface area is 202 Å². The number of aryl methyl sites for hydroxylation is 1. The average Bonchev–Trinajstić information content (AvgIpc) is 2.83. The molecule has 1 aliphatic heterocycles. The van der Waals surface area contributed by atoms with Crippen LogP contribution in [0.1, 0.15) is 24.8 Å². The summed E-state index contributed by atoms with van der Waals surface area (Å²) in [6.07, 6.45) is 1.71. The van der Waals surface area contributed by atoms with Crippen molar-refractivity contribution in [1.82, 2.24) is 0 Å². The Morgan fingerprint density at radius 1 is 1.00 bits per heavy atom. The molecule has 0 saturated heterocycles. The minimum Gasteiger partial charge on any atom is -0.494 e. The SMILES string of the molecule is O=C1CCc2cc(OCCCC(=O)Nc3ccccc3NS(=O)(=O)c3ccc(F)cc3)ccc2N1. The quantitative estimate of drug-likeness (QED) is 0.381. The second kappa shape index (κ2) is 10.6. The second-order valence-corrected chi connectivity index (χ2v) is 9.65. The summed E-state index contributed by atoms with van der Waals surface area (Å²) in [5.74, 6) is -0.168. The van der Waals surface area contributed by atoms with Crippen molar-refractivity contribution < 1.29 is 27.1 Å². The van der Waals surface area contributed by atoms with Crippen LogP contribution in [-0.2, 0) is 26.0 Å².